The predicted molar refractivity (Wildman–Crippen MR) is 82.9 cm³/mol. The van der Waals surface area contributed by atoms with Crippen molar-refractivity contribution in [1.29, 1.82) is 0 Å². The number of Topliss-reactive ketones (excluding diaryl/α,β-unsaturated/α-hetero) is 1. The van der Waals surface area contributed by atoms with Crippen LogP contribution in [0.25, 0.3) is 0 Å². The third-order valence-corrected chi connectivity index (χ3v) is 4.37. The lowest BCUT2D eigenvalue weighted by Crippen LogP contribution is -2.41. The Morgan fingerprint density at radius 2 is 1.81 bits per heavy atom. The highest BCUT2D eigenvalue weighted by molar-refractivity contribution is 5.94. The summed E-state index contributed by atoms with van der Waals surface area (Å²) in [5, 5.41) is 2.74. The monoisotopic (exact) mass is 288 g/mol. The molecule has 1 aliphatic carbocycles. The molecule has 1 aromatic carbocycles. The number of benzene rings is 1. The lowest BCUT2D eigenvalue weighted by atomic mass is 9.75. The first-order valence-electron chi connectivity index (χ1n) is 7.74. The molecule has 0 saturated heterocycles. The molecule has 0 unspecified atom stereocenters. The highest BCUT2D eigenvalue weighted by atomic mass is 16.2. The van der Waals surface area contributed by atoms with Gasteiger partial charge in [-0.3, -0.25) is 9.59 Å². The molecule has 0 radical (unpaired) electrons. The Balaban J connectivity index is 2.02. The van der Waals surface area contributed by atoms with Gasteiger partial charge in [0.05, 0.1) is 12.0 Å². The van der Waals surface area contributed by atoms with Crippen LogP contribution in [0.15, 0.2) is 30.3 Å². The molecular formula is C17H24N2O2. The number of hydrogen-bond acceptors (Lipinski definition) is 3. The van der Waals surface area contributed by atoms with Crippen molar-refractivity contribution < 1.29 is 9.59 Å². The summed E-state index contributed by atoms with van der Waals surface area (Å²) in [6, 6.07) is 9.97. The Labute approximate surface area is 126 Å². The van der Waals surface area contributed by atoms with Crippen LogP contribution in [0.3, 0.4) is 0 Å². The van der Waals surface area contributed by atoms with Crippen molar-refractivity contribution in [3.05, 3.63) is 35.9 Å². The number of amides is 1. The predicted octanol–water partition coefficient (Wildman–Crippen LogP) is 1.92. The second-order valence-electron chi connectivity index (χ2n) is 5.75. The Hall–Kier alpha value is -1.68. The van der Waals surface area contributed by atoms with Gasteiger partial charge in [0.25, 0.3) is 0 Å². The van der Waals surface area contributed by atoms with Crippen LogP contribution in [-0.4, -0.2) is 24.8 Å². The standard InChI is InChI=1S/C17H24N2O2/c18-12-6-9-16(21)19-13-15(20)17(10-4-5-11-17)14-7-2-1-3-8-14/h1-3,7-8H,4-6,9-13,18H2,(H,19,21). The lowest BCUT2D eigenvalue weighted by Gasteiger charge is -2.28. The van der Waals surface area contributed by atoms with Gasteiger partial charge in [0, 0.05) is 6.42 Å². The molecule has 1 fully saturated rings. The van der Waals surface area contributed by atoms with Crippen molar-refractivity contribution in [3.8, 4) is 0 Å². The van der Waals surface area contributed by atoms with E-state index in [0.29, 0.717) is 19.4 Å². The highest BCUT2D eigenvalue weighted by Gasteiger charge is 2.41. The molecule has 2 rings (SSSR count). The van der Waals surface area contributed by atoms with Crippen LogP contribution >= 0.6 is 0 Å². The SMILES string of the molecule is NCCCC(=O)NCC(=O)C1(c2ccccc2)CCCC1. The van der Waals surface area contributed by atoms with Gasteiger partial charge in [-0.25, -0.2) is 0 Å². The van der Waals surface area contributed by atoms with Gasteiger partial charge in [0.2, 0.25) is 5.91 Å². The Bertz CT molecular complexity index is 479. The Morgan fingerprint density at radius 1 is 1.14 bits per heavy atom. The number of carbonyl (C=O) groups is 2. The van der Waals surface area contributed by atoms with Gasteiger partial charge in [0.1, 0.15) is 0 Å². The van der Waals surface area contributed by atoms with Gasteiger partial charge in [0.15, 0.2) is 5.78 Å². The van der Waals surface area contributed by atoms with E-state index < -0.39 is 5.41 Å². The fraction of sp³-hybridized carbons (Fsp3) is 0.529. The van der Waals surface area contributed by atoms with E-state index in [2.05, 4.69) is 5.32 Å². The van der Waals surface area contributed by atoms with E-state index in [1.54, 1.807) is 0 Å². The average Bonchev–Trinajstić information content (AvgIpc) is 3.02. The van der Waals surface area contributed by atoms with Crippen molar-refractivity contribution in [3.63, 3.8) is 0 Å². The van der Waals surface area contributed by atoms with E-state index in [1.165, 1.54) is 0 Å². The summed E-state index contributed by atoms with van der Waals surface area (Å²) in [5.74, 6) is 0.0438. The summed E-state index contributed by atoms with van der Waals surface area (Å²) in [5.41, 5.74) is 6.07. The molecule has 1 amide bonds. The number of hydrogen-bond donors (Lipinski definition) is 2. The van der Waals surface area contributed by atoms with Gasteiger partial charge in [-0.1, -0.05) is 43.2 Å². The van der Waals surface area contributed by atoms with Gasteiger partial charge >= 0.3 is 0 Å². The van der Waals surface area contributed by atoms with Crippen LogP contribution in [0, 0.1) is 0 Å². The van der Waals surface area contributed by atoms with Crippen LogP contribution in [0.1, 0.15) is 44.1 Å². The molecule has 3 N–H and O–H groups in total. The second kappa shape index (κ2) is 7.36. The van der Waals surface area contributed by atoms with E-state index >= 15 is 0 Å². The van der Waals surface area contributed by atoms with E-state index in [0.717, 1.165) is 31.2 Å². The average molecular weight is 288 g/mol. The molecule has 0 aromatic heterocycles. The van der Waals surface area contributed by atoms with E-state index in [4.69, 9.17) is 5.73 Å². The molecule has 1 aromatic rings. The number of nitrogens with two attached hydrogens (primary N) is 1. The molecule has 0 aliphatic heterocycles. The Morgan fingerprint density at radius 3 is 2.43 bits per heavy atom. The maximum absolute atomic E-state index is 12.7. The zero-order chi connectivity index (χ0) is 15.1. The van der Waals surface area contributed by atoms with Gasteiger partial charge in [-0.15, -0.1) is 0 Å². The van der Waals surface area contributed by atoms with Crippen molar-refractivity contribution in [1.82, 2.24) is 5.32 Å². The molecule has 0 heterocycles. The minimum absolute atomic E-state index is 0.0880. The number of ketones is 1. The van der Waals surface area contributed by atoms with Crippen molar-refractivity contribution >= 4 is 11.7 Å². The zero-order valence-corrected chi connectivity index (χ0v) is 12.4. The van der Waals surface area contributed by atoms with E-state index in [-0.39, 0.29) is 18.2 Å². The molecule has 4 nitrogen and oxygen atoms in total. The first-order valence-corrected chi connectivity index (χ1v) is 7.74. The van der Waals surface area contributed by atoms with Crippen LogP contribution in [-0.2, 0) is 15.0 Å². The smallest absolute Gasteiger partial charge is 0.220 e. The van der Waals surface area contributed by atoms with Gasteiger partial charge in [-0.2, -0.15) is 0 Å². The van der Waals surface area contributed by atoms with Crippen molar-refractivity contribution in [2.24, 2.45) is 5.73 Å². The molecular weight excluding hydrogens is 264 g/mol. The first kappa shape index (κ1) is 15.7. The largest absolute Gasteiger partial charge is 0.349 e. The molecule has 21 heavy (non-hydrogen) atoms. The van der Waals surface area contributed by atoms with E-state index in [9.17, 15) is 9.59 Å². The molecule has 4 heteroatoms. The van der Waals surface area contributed by atoms with Gasteiger partial charge < -0.3 is 11.1 Å². The summed E-state index contributed by atoms with van der Waals surface area (Å²) in [7, 11) is 0. The molecule has 1 aliphatic rings. The maximum Gasteiger partial charge on any atom is 0.220 e. The quantitative estimate of drug-likeness (QED) is 0.805. The number of rotatable bonds is 7. The number of carbonyl (C=O) groups excluding carboxylic acids is 2. The Kier molecular flexibility index (Phi) is 5.51. The summed E-state index contributed by atoms with van der Waals surface area (Å²) >= 11 is 0. The highest BCUT2D eigenvalue weighted by Crippen LogP contribution is 2.41. The topological polar surface area (TPSA) is 72.2 Å². The van der Waals surface area contributed by atoms with Crippen LogP contribution in [0.4, 0.5) is 0 Å². The minimum Gasteiger partial charge on any atom is -0.349 e. The third-order valence-electron chi connectivity index (χ3n) is 4.37. The van der Waals surface area contributed by atoms with Crippen molar-refractivity contribution in [2.75, 3.05) is 13.1 Å². The molecule has 0 bridgehead atoms. The molecule has 0 atom stereocenters. The molecule has 114 valence electrons. The minimum atomic E-state index is -0.400. The summed E-state index contributed by atoms with van der Waals surface area (Å²) < 4.78 is 0. The second-order valence-corrected chi connectivity index (χ2v) is 5.75. The number of nitrogens with one attached hydrogen (secondary N) is 1. The third kappa shape index (κ3) is 3.70. The van der Waals surface area contributed by atoms with Crippen LogP contribution in [0.2, 0.25) is 0 Å². The lowest BCUT2D eigenvalue weighted by molar-refractivity contribution is -0.128. The fourth-order valence-electron chi connectivity index (χ4n) is 3.16. The maximum atomic E-state index is 12.7. The van der Waals surface area contributed by atoms with E-state index in [1.807, 2.05) is 30.3 Å². The van der Waals surface area contributed by atoms with Crippen LogP contribution in [0.5, 0.6) is 0 Å². The van der Waals surface area contributed by atoms with Crippen molar-refractivity contribution in [2.45, 2.75) is 43.9 Å². The normalized spacial score (nSPS) is 16.6. The van der Waals surface area contributed by atoms with Crippen LogP contribution < -0.4 is 11.1 Å². The summed E-state index contributed by atoms with van der Waals surface area (Å²) in [6.07, 6.45) is 4.96. The summed E-state index contributed by atoms with van der Waals surface area (Å²) in [4.78, 5) is 24.3. The molecule has 1 saturated carbocycles. The molecule has 0 spiro atoms. The summed E-state index contributed by atoms with van der Waals surface area (Å²) in [6.45, 7) is 0.619. The fourth-order valence-corrected chi connectivity index (χ4v) is 3.16. The van der Waals surface area contributed by atoms with Gasteiger partial charge in [-0.05, 0) is 31.4 Å². The first-order chi connectivity index (χ1) is 10.2. The zero-order valence-electron chi connectivity index (χ0n) is 12.4.